The van der Waals surface area contributed by atoms with Crippen molar-refractivity contribution in [1.82, 2.24) is 4.98 Å². The number of hydrogen-bond acceptors (Lipinski definition) is 4. The average Bonchev–Trinajstić information content (AvgIpc) is 2.69. The molecule has 5 nitrogen and oxygen atoms in total. The van der Waals surface area contributed by atoms with Crippen LogP contribution in [0, 0.1) is 6.92 Å². The fraction of sp³-hybridized carbons (Fsp3) is 0.182. The number of carbonyl (C=O) groups excluding carboxylic acids is 1. The lowest BCUT2D eigenvalue weighted by molar-refractivity contribution is 0.102. The number of aryl methyl sites for hydroxylation is 1. The third-order valence-electron chi connectivity index (χ3n) is 4.26. The second kappa shape index (κ2) is 8.36. The lowest BCUT2D eigenvalue weighted by Gasteiger charge is -2.23. The molecule has 0 saturated heterocycles. The van der Waals surface area contributed by atoms with Gasteiger partial charge in [0.1, 0.15) is 11.6 Å². The molecule has 1 aromatic heterocycles. The highest BCUT2D eigenvalue weighted by Crippen LogP contribution is 2.25. The molecule has 0 spiro atoms. The van der Waals surface area contributed by atoms with Gasteiger partial charge in [-0.3, -0.25) is 4.79 Å². The van der Waals surface area contributed by atoms with Gasteiger partial charge in [-0.1, -0.05) is 12.1 Å². The van der Waals surface area contributed by atoms with Crippen LogP contribution in [0.25, 0.3) is 0 Å². The quantitative estimate of drug-likeness (QED) is 0.685. The van der Waals surface area contributed by atoms with E-state index in [0.717, 1.165) is 23.8 Å². The molecule has 3 rings (SSSR count). The summed E-state index contributed by atoms with van der Waals surface area (Å²) in [5.74, 6) is 1.31. The number of anilines is 3. The van der Waals surface area contributed by atoms with Crippen molar-refractivity contribution in [1.29, 1.82) is 0 Å². The van der Waals surface area contributed by atoms with Crippen LogP contribution in [0.2, 0.25) is 0 Å². The minimum absolute atomic E-state index is 0.177. The third-order valence-corrected chi connectivity index (χ3v) is 4.26. The van der Waals surface area contributed by atoms with Crippen LogP contribution in [-0.4, -0.2) is 24.5 Å². The Morgan fingerprint density at radius 1 is 1.11 bits per heavy atom. The molecule has 0 atom stereocenters. The number of pyridine rings is 1. The molecular weight excluding hydrogens is 338 g/mol. The number of ether oxygens (including phenoxy) is 1. The molecule has 0 radical (unpaired) electrons. The van der Waals surface area contributed by atoms with E-state index in [9.17, 15) is 4.79 Å². The maximum absolute atomic E-state index is 12.6. The maximum atomic E-state index is 12.6. The molecule has 1 N–H and O–H groups in total. The molecule has 0 fully saturated rings. The van der Waals surface area contributed by atoms with Crippen molar-refractivity contribution in [3.63, 3.8) is 0 Å². The molecule has 27 heavy (non-hydrogen) atoms. The number of aromatic nitrogens is 1. The zero-order chi connectivity index (χ0) is 19.2. The van der Waals surface area contributed by atoms with Gasteiger partial charge in [0, 0.05) is 29.7 Å². The van der Waals surface area contributed by atoms with E-state index in [1.165, 1.54) is 5.56 Å². The number of benzene rings is 2. The Kier molecular flexibility index (Phi) is 5.71. The van der Waals surface area contributed by atoms with Gasteiger partial charge in [0.15, 0.2) is 0 Å². The number of carbonyl (C=O) groups is 1. The number of nitrogens with zero attached hydrogens (tertiary/aromatic N) is 2. The smallest absolute Gasteiger partial charge is 0.255 e. The van der Waals surface area contributed by atoms with Crippen molar-refractivity contribution in [2.75, 3.05) is 23.9 Å². The minimum atomic E-state index is -0.177. The van der Waals surface area contributed by atoms with Gasteiger partial charge in [0.25, 0.3) is 5.91 Å². The van der Waals surface area contributed by atoms with Crippen LogP contribution < -0.4 is 15.0 Å². The number of rotatable bonds is 6. The highest BCUT2D eigenvalue weighted by molar-refractivity contribution is 6.04. The van der Waals surface area contributed by atoms with Gasteiger partial charge < -0.3 is 15.0 Å². The predicted octanol–water partition coefficient (Wildman–Crippen LogP) is 4.81. The van der Waals surface area contributed by atoms with Gasteiger partial charge in [0.05, 0.1) is 7.11 Å². The second-order valence-corrected chi connectivity index (χ2v) is 6.17. The monoisotopic (exact) mass is 361 g/mol. The summed E-state index contributed by atoms with van der Waals surface area (Å²) < 4.78 is 5.14. The van der Waals surface area contributed by atoms with Crippen LogP contribution >= 0.6 is 0 Å². The molecule has 0 bridgehead atoms. The lowest BCUT2D eigenvalue weighted by Crippen LogP contribution is -2.19. The Morgan fingerprint density at radius 3 is 2.56 bits per heavy atom. The summed E-state index contributed by atoms with van der Waals surface area (Å²) in [7, 11) is 1.61. The summed E-state index contributed by atoms with van der Waals surface area (Å²) in [6.45, 7) is 4.87. The van der Waals surface area contributed by atoms with Crippen molar-refractivity contribution in [2.45, 2.75) is 13.8 Å². The molecule has 3 aromatic rings. The summed E-state index contributed by atoms with van der Waals surface area (Å²) in [6, 6.07) is 19.0. The SMILES string of the molecule is CCN(c1cccc(C)c1)c1cc(C(=O)Nc2ccc(OC)cc2)ccn1. The third kappa shape index (κ3) is 4.44. The maximum Gasteiger partial charge on any atom is 0.255 e. The fourth-order valence-corrected chi connectivity index (χ4v) is 2.86. The molecule has 0 aliphatic rings. The Labute approximate surface area is 159 Å². The fourth-order valence-electron chi connectivity index (χ4n) is 2.86. The van der Waals surface area contributed by atoms with E-state index in [4.69, 9.17) is 4.74 Å². The Morgan fingerprint density at radius 2 is 1.89 bits per heavy atom. The van der Waals surface area contributed by atoms with Crippen molar-refractivity contribution in [2.24, 2.45) is 0 Å². The Hall–Kier alpha value is -3.34. The first-order valence-corrected chi connectivity index (χ1v) is 8.86. The van der Waals surface area contributed by atoms with Crippen LogP contribution in [-0.2, 0) is 0 Å². The zero-order valence-corrected chi connectivity index (χ0v) is 15.8. The molecule has 0 aliphatic heterocycles. The summed E-state index contributed by atoms with van der Waals surface area (Å²) >= 11 is 0. The molecule has 0 saturated carbocycles. The van der Waals surface area contributed by atoms with Crippen molar-refractivity contribution < 1.29 is 9.53 Å². The molecule has 0 unspecified atom stereocenters. The molecule has 2 aromatic carbocycles. The van der Waals surface area contributed by atoms with Crippen LogP contribution in [0.3, 0.4) is 0 Å². The largest absolute Gasteiger partial charge is 0.497 e. The molecule has 5 heteroatoms. The molecule has 1 amide bonds. The van der Waals surface area contributed by atoms with Crippen molar-refractivity contribution in [3.05, 3.63) is 78.0 Å². The summed E-state index contributed by atoms with van der Waals surface area (Å²) in [5.41, 5.74) is 3.50. The standard InChI is InChI=1S/C22H23N3O2/c1-4-25(19-7-5-6-16(2)14-19)21-15-17(12-13-23-21)22(26)24-18-8-10-20(27-3)11-9-18/h5-15H,4H2,1-3H3,(H,24,26). The molecule has 0 aliphatic carbocycles. The van der Waals surface area contributed by atoms with E-state index in [-0.39, 0.29) is 5.91 Å². The van der Waals surface area contributed by atoms with E-state index >= 15 is 0 Å². The van der Waals surface area contributed by atoms with E-state index < -0.39 is 0 Å². The number of hydrogen-bond donors (Lipinski definition) is 1. The van der Waals surface area contributed by atoms with Crippen LogP contribution in [0.5, 0.6) is 5.75 Å². The summed E-state index contributed by atoms with van der Waals surface area (Å²) in [6.07, 6.45) is 1.66. The molecule has 138 valence electrons. The second-order valence-electron chi connectivity index (χ2n) is 6.17. The number of amides is 1. The number of nitrogens with one attached hydrogen (secondary N) is 1. The minimum Gasteiger partial charge on any atom is -0.497 e. The molecule has 1 heterocycles. The van der Waals surface area contributed by atoms with E-state index in [0.29, 0.717) is 11.3 Å². The van der Waals surface area contributed by atoms with Crippen LogP contribution in [0.15, 0.2) is 66.9 Å². The topological polar surface area (TPSA) is 54.5 Å². The summed E-state index contributed by atoms with van der Waals surface area (Å²) in [4.78, 5) is 19.2. The highest BCUT2D eigenvalue weighted by Gasteiger charge is 2.13. The van der Waals surface area contributed by atoms with E-state index in [1.54, 1.807) is 19.4 Å². The average molecular weight is 361 g/mol. The van der Waals surface area contributed by atoms with Gasteiger partial charge in [-0.05, 0) is 67.9 Å². The van der Waals surface area contributed by atoms with E-state index in [1.807, 2.05) is 42.5 Å². The first-order chi connectivity index (χ1) is 13.1. The summed E-state index contributed by atoms with van der Waals surface area (Å²) in [5, 5.41) is 2.90. The molecular formula is C22H23N3O2. The van der Waals surface area contributed by atoms with Gasteiger partial charge in [-0.25, -0.2) is 4.98 Å². The van der Waals surface area contributed by atoms with Crippen LogP contribution in [0.1, 0.15) is 22.8 Å². The Balaban J connectivity index is 1.82. The van der Waals surface area contributed by atoms with Gasteiger partial charge in [0.2, 0.25) is 0 Å². The van der Waals surface area contributed by atoms with Gasteiger partial charge in [-0.2, -0.15) is 0 Å². The highest BCUT2D eigenvalue weighted by atomic mass is 16.5. The lowest BCUT2D eigenvalue weighted by atomic mass is 10.2. The zero-order valence-electron chi connectivity index (χ0n) is 15.8. The first kappa shape index (κ1) is 18.5. The predicted molar refractivity (Wildman–Crippen MR) is 109 cm³/mol. The first-order valence-electron chi connectivity index (χ1n) is 8.86. The van der Waals surface area contributed by atoms with Crippen LogP contribution in [0.4, 0.5) is 17.2 Å². The Bertz CT molecular complexity index is 923. The van der Waals surface area contributed by atoms with Gasteiger partial charge >= 0.3 is 0 Å². The number of methoxy groups -OCH3 is 1. The van der Waals surface area contributed by atoms with Crippen molar-refractivity contribution >= 4 is 23.1 Å². The van der Waals surface area contributed by atoms with E-state index in [2.05, 4.69) is 41.2 Å². The van der Waals surface area contributed by atoms with Gasteiger partial charge in [-0.15, -0.1) is 0 Å². The normalized spacial score (nSPS) is 10.3. The van der Waals surface area contributed by atoms with Crippen molar-refractivity contribution in [3.8, 4) is 5.75 Å².